The van der Waals surface area contributed by atoms with Crippen molar-refractivity contribution in [2.45, 2.75) is 0 Å². The number of fused-ring (bicyclic) bond motifs is 2. The Balaban J connectivity index is 1.54. The number of carbonyl (C=O) groups excluding carboxylic acids is 1. The lowest BCUT2D eigenvalue weighted by Crippen LogP contribution is -2.16. The topological polar surface area (TPSA) is 93.4 Å². The molecule has 0 saturated carbocycles. The Bertz CT molecular complexity index is 1450. The second kappa shape index (κ2) is 6.48. The van der Waals surface area contributed by atoms with Crippen LogP contribution >= 0.6 is 0 Å². The minimum atomic E-state index is -0.957. The lowest BCUT2D eigenvalue weighted by Gasteiger charge is -2.09. The van der Waals surface area contributed by atoms with E-state index in [9.17, 15) is 13.6 Å². The number of rotatable bonds is 3. The molecule has 0 unspecified atom stereocenters. The van der Waals surface area contributed by atoms with Crippen LogP contribution in [0.1, 0.15) is 10.4 Å². The van der Waals surface area contributed by atoms with Crippen LogP contribution in [-0.4, -0.2) is 35.7 Å². The smallest absolute Gasteiger partial charge is 0.261 e. The molecule has 0 atom stereocenters. The molecule has 0 aliphatic rings. The minimum Gasteiger partial charge on any atom is -0.322 e. The molecule has 150 valence electrons. The highest BCUT2D eigenvalue weighted by molar-refractivity contribution is 6.08. The highest BCUT2D eigenvalue weighted by Gasteiger charge is 2.22. The summed E-state index contributed by atoms with van der Waals surface area (Å²) in [4.78, 5) is 12.7. The first-order chi connectivity index (χ1) is 14.4. The standard InChI is InChI=1S/C20H15F2N7O/c1-28-15(5-6-23-28)19-11-7-10(3-4-14(11)26-27-19)25-20(30)17-13(21)8-16-12(18(17)22)9-24-29(16)2/h3-9H,1-2H3,(H,25,30)(H,26,27). The van der Waals surface area contributed by atoms with Gasteiger partial charge < -0.3 is 5.32 Å². The SMILES string of the molecule is Cn1nccc1-c1n[nH]c2ccc(NC(=O)c3c(F)cc4c(cnn4C)c3F)cc12. The van der Waals surface area contributed by atoms with Crippen LogP contribution < -0.4 is 5.32 Å². The van der Waals surface area contributed by atoms with Crippen LogP contribution in [-0.2, 0) is 14.1 Å². The van der Waals surface area contributed by atoms with Gasteiger partial charge in [-0.05, 0) is 24.3 Å². The summed E-state index contributed by atoms with van der Waals surface area (Å²) in [6.45, 7) is 0. The average molecular weight is 407 g/mol. The maximum Gasteiger partial charge on any atom is 0.261 e. The summed E-state index contributed by atoms with van der Waals surface area (Å²) >= 11 is 0. The summed E-state index contributed by atoms with van der Waals surface area (Å²) < 4.78 is 32.4. The van der Waals surface area contributed by atoms with E-state index in [1.807, 2.05) is 6.07 Å². The van der Waals surface area contributed by atoms with Crippen molar-refractivity contribution in [2.24, 2.45) is 14.1 Å². The van der Waals surface area contributed by atoms with E-state index in [2.05, 4.69) is 25.7 Å². The zero-order chi connectivity index (χ0) is 21.0. The predicted octanol–water partition coefficient (Wildman–Crippen LogP) is 3.38. The molecule has 5 rings (SSSR count). The molecule has 0 fully saturated rings. The second-order valence-electron chi connectivity index (χ2n) is 6.88. The Morgan fingerprint density at radius 1 is 1.07 bits per heavy atom. The van der Waals surface area contributed by atoms with Gasteiger partial charge in [0.25, 0.3) is 5.91 Å². The van der Waals surface area contributed by atoms with Gasteiger partial charge in [0.15, 0.2) is 0 Å². The molecule has 10 heteroatoms. The van der Waals surface area contributed by atoms with Crippen molar-refractivity contribution in [3.63, 3.8) is 0 Å². The largest absolute Gasteiger partial charge is 0.322 e. The Labute approximate surface area is 168 Å². The quantitative estimate of drug-likeness (QED) is 0.480. The van der Waals surface area contributed by atoms with Gasteiger partial charge in [0.1, 0.15) is 22.9 Å². The number of benzene rings is 2. The van der Waals surface area contributed by atoms with Gasteiger partial charge in [-0.2, -0.15) is 15.3 Å². The summed E-state index contributed by atoms with van der Waals surface area (Å²) in [5.74, 6) is -2.79. The van der Waals surface area contributed by atoms with Crippen LogP contribution in [0.5, 0.6) is 0 Å². The van der Waals surface area contributed by atoms with Crippen LogP contribution in [0.3, 0.4) is 0 Å². The molecule has 0 radical (unpaired) electrons. The molecule has 5 aromatic rings. The molecule has 2 N–H and O–H groups in total. The summed E-state index contributed by atoms with van der Waals surface area (Å²) in [7, 11) is 3.36. The van der Waals surface area contributed by atoms with Gasteiger partial charge in [-0.25, -0.2) is 8.78 Å². The fraction of sp³-hybridized carbons (Fsp3) is 0.100. The van der Waals surface area contributed by atoms with Gasteiger partial charge in [-0.15, -0.1) is 0 Å². The van der Waals surface area contributed by atoms with E-state index in [0.29, 0.717) is 11.4 Å². The van der Waals surface area contributed by atoms with Gasteiger partial charge in [-0.1, -0.05) is 0 Å². The van der Waals surface area contributed by atoms with E-state index in [1.165, 1.54) is 10.9 Å². The summed E-state index contributed by atoms with van der Waals surface area (Å²) in [6.07, 6.45) is 2.92. The fourth-order valence-electron chi connectivity index (χ4n) is 3.51. The molecule has 2 aromatic carbocycles. The molecular formula is C20H15F2N7O. The molecule has 0 aliphatic heterocycles. The Morgan fingerprint density at radius 3 is 2.67 bits per heavy atom. The number of anilines is 1. The van der Waals surface area contributed by atoms with Gasteiger partial charge in [0.05, 0.1) is 28.3 Å². The third-order valence-corrected chi connectivity index (χ3v) is 5.05. The maximum absolute atomic E-state index is 14.8. The van der Waals surface area contributed by atoms with Crippen molar-refractivity contribution in [2.75, 3.05) is 5.32 Å². The number of nitrogens with one attached hydrogen (secondary N) is 2. The number of aromatic amines is 1. The Hall–Kier alpha value is -4.08. The Kier molecular flexibility index (Phi) is 3.88. The normalized spacial score (nSPS) is 11.5. The number of nitrogens with zero attached hydrogens (tertiary/aromatic N) is 5. The first-order valence-corrected chi connectivity index (χ1v) is 9.01. The molecule has 30 heavy (non-hydrogen) atoms. The highest BCUT2D eigenvalue weighted by Crippen LogP contribution is 2.29. The molecule has 0 bridgehead atoms. The lowest BCUT2D eigenvalue weighted by molar-refractivity contribution is 0.101. The molecule has 3 heterocycles. The summed E-state index contributed by atoms with van der Waals surface area (Å²) in [5.41, 5.74) is 2.16. The van der Waals surface area contributed by atoms with Crippen molar-refractivity contribution < 1.29 is 13.6 Å². The molecule has 1 amide bonds. The third-order valence-electron chi connectivity index (χ3n) is 5.05. The van der Waals surface area contributed by atoms with Crippen molar-refractivity contribution in [1.82, 2.24) is 29.8 Å². The van der Waals surface area contributed by atoms with Crippen LogP contribution in [0, 0.1) is 11.6 Å². The second-order valence-corrected chi connectivity index (χ2v) is 6.88. The van der Waals surface area contributed by atoms with E-state index < -0.39 is 23.1 Å². The number of hydrogen-bond donors (Lipinski definition) is 2. The number of amides is 1. The van der Waals surface area contributed by atoms with Crippen molar-refractivity contribution in [1.29, 1.82) is 0 Å². The van der Waals surface area contributed by atoms with E-state index >= 15 is 0 Å². The van der Waals surface area contributed by atoms with Crippen LogP contribution in [0.4, 0.5) is 14.5 Å². The third kappa shape index (κ3) is 2.65. The molecule has 0 saturated heterocycles. The predicted molar refractivity (Wildman–Crippen MR) is 107 cm³/mol. The molecule has 0 aliphatic carbocycles. The molecular weight excluding hydrogens is 392 g/mol. The zero-order valence-corrected chi connectivity index (χ0v) is 15.9. The first kappa shape index (κ1) is 18.0. The molecule has 3 aromatic heterocycles. The van der Waals surface area contributed by atoms with Crippen molar-refractivity contribution in [3.05, 3.63) is 59.9 Å². The zero-order valence-electron chi connectivity index (χ0n) is 15.9. The first-order valence-electron chi connectivity index (χ1n) is 9.01. The number of carbonyl (C=O) groups is 1. The number of hydrogen-bond acceptors (Lipinski definition) is 4. The molecule has 0 spiro atoms. The monoisotopic (exact) mass is 407 g/mol. The van der Waals surface area contributed by atoms with Gasteiger partial charge in [-0.3, -0.25) is 19.3 Å². The van der Waals surface area contributed by atoms with Gasteiger partial charge >= 0.3 is 0 Å². The van der Waals surface area contributed by atoms with E-state index in [4.69, 9.17) is 0 Å². The maximum atomic E-state index is 14.8. The van der Waals surface area contributed by atoms with Gasteiger partial charge in [0.2, 0.25) is 0 Å². The van der Waals surface area contributed by atoms with Crippen LogP contribution in [0.2, 0.25) is 0 Å². The average Bonchev–Trinajstić information content (AvgIpc) is 3.41. The number of halogens is 2. The van der Waals surface area contributed by atoms with Crippen LogP contribution in [0.25, 0.3) is 33.2 Å². The van der Waals surface area contributed by atoms with E-state index in [-0.39, 0.29) is 10.9 Å². The lowest BCUT2D eigenvalue weighted by atomic mass is 10.1. The van der Waals surface area contributed by atoms with E-state index in [0.717, 1.165) is 22.7 Å². The highest BCUT2D eigenvalue weighted by atomic mass is 19.1. The van der Waals surface area contributed by atoms with Crippen LogP contribution in [0.15, 0.2) is 42.7 Å². The van der Waals surface area contributed by atoms with Gasteiger partial charge in [0, 0.05) is 37.4 Å². The summed E-state index contributed by atoms with van der Waals surface area (Å²) in [6, 6.07) is 7.96. The minimum absolute atomic E-state index is 0.0767. The van der Waals surface area contributed by atoms with Crippen molar-refractivity contribution in [3.8, 4) is 11.4 Å². The number of aryl methyl sites for hydroxylation is 2. The van der Waals surface area contributed by atoms with Crippen molar-refractivity contribution >= 4 is 33.4 Å². The molecule has 8 nitrogen and oxygen atoms in total. The number of aromatic nitrogens is 6. The summed E-state index contributed by atoms with van der Waals surface area (Å²) in [5, 5.41) is 18.7. The Morgan fingerprint density at radius 2 is 1.90 bits per heavy atom. The number of H-pyrrole nitrogens is 1. The van der Waals surface area contributed by atoms with E-state index in [1.54, 1.807) is 43.2 Å². The fourth-order valence-corrected chi connectivity index (χ4v) is 3.51.